The molecular weight excluding hydrogens is 489 g/mol. The van der Waals surface area contributed by atoms with E-state index < -0.39 is 8.32 Å². The van der Waals surface area contributed by atoms with Crippen molar-refractivity contribution in [1.82, 2.24) is 9.88 Å². The van der Waals surface area contributed by atoms with Crippen molar-refractivity contribution in [2.24, 2.45) is 5.73 Å². The average molecular weight is 521 g/mol. The highest BCUT2D eigenvalue weighted by atomic mass is 127. The number of nitrogens with one attached hydrogen (secondary N) is 1. The molecule has 2 rings (SSSR count). The van der Waals surface area contributed by atoms with Gasteiger partial charge in [0.1, 0.15) is 0 Å². The Bertz CT molecular complexity index is 817. The summed E-state index contributed by atoms with van der Waals surface area (Å²) < 4.78 is 14.2. The highest BCUT2D eigenvalue weighted by molar-refractivity contribution is 14.1. The molecule has 7 nitrogen and oxygen atoms in total. The number of carbonyl (C=O) groups excluding carboxylic acids is 1. The van der Waals surface area contributed by atoms with Gasteiger partial charge < -0.3 is 24.8 Å². The van der Waals surface area contributed by atoms with Gasteiger partial charge >= 0.3 is 0 Å². The number of fused-ring (bicyclic) bond motifs is 1. The van der Waals surface area contributed by atoms with Crippen molar-refractivity contribution in [2.75, 3.05) is 20.3 Å². The monoisotopic (exact) mass is 521 g/mol. The fraction of sp³-hybridized carbons (Fsp3) is 0.684. The zero-order valence-corrected chi connectivity index (χ0v) is 21.0. The Morgan fingerprint density at radius 3 is 2.50 bits per heavy atom. The summed E-state index contributed by atoms with van der Waals surface area (Å²) in [4.78, 5) is 25.6. The van der Waals surface area contributed by atoms with Crippen molar-refractivity contribution in [3.05, 3.63) is 25.2 Å². The number of aromatic nitrogens is 1. The Morgan fingerprint density at radius 2 is 2.00 bits per heavy atom. The van der Waals surface area contributed by atoms with Gasteiger partial charge in [-0.1, -0.05) is 20.8 Å². The lowest BCUT2D eigenvalue weighted by molar-refractivity contribution is 0.0937. The Hall–Kier alpha value is -0.913. The molecule has 1 aliphatic heterocycles. The van der Waals surface area contributed by atoms with Crippen LogP contribution in [0, 0.1) is 3.57 Å². The highest BCUT2D eigenvalue weighted by Crippen LogP contribution is 2.41. The standard InChI is InChI=1S/C19H32IN3O4Si/c1-8-22-18(25)15-17(26-5)16(24)13(20)14-12(21)9-11(23(14)15)10-27-28(6,7)19(2,3)4/h11-12H,8-10,21H2,1-7H3,(H,22,25). The molecule has 0 aliphatic carbocycles. The average Bonchev–Trinajstić information content (AvgIpc) is 2.91. The second kappa shape index (κ2) is 8.45. The van der Waals surface area contributed by atoms with Gasteiger partial charge in [0.15, 0.2) is 19.8 Å². The first-order chi connectivity index (χ1) is 12.9. The third kappa shape index (κ3) is 4.17. The number of amides is 1. The van der Waals surface area contributed by atoms with Crippen LogP contribution in [0.3, 0.4) is 0 Å². The van der Waals surface area contributed by atoms with Crippen molar-refractivity contribution < 1.29 is 14.0 Å². The van der Waals surface area contributed by atoms with Crippen LogP contribution in [-0.4, -0.2) is 39.1 Å². The van der Waals surface area contributed by atoms with Crippen molar-refractivity contribution >= 4 is 36.8 Å². The van der Waals surface area contributed by atoms with Gasteiger partial charge in [-0.3, -0.25) is 9.59 Å². The van der Waals surface area contributed by atoms with Crippen LogP contribution in [-0.2, 0) is 4.43 Å². The smallest absolute Gasteiger partial charge is 0.271 e. The zero-order chi connectivity index (χ0) is 21.4. The third-order valence-electron chi connectivity index (χ3n) is 5.79. The Kier molecular flexibility index (Phi) is 7.05. The minimum atomic E-state index is -1.97. The maximum Gasteiger partial charge on any atom is 0.271 e. The Labute approximate surface area is 181 Å². The van der Waals surface area contributed by atoms with E-state index in [1.54, 1.807) is 0 Å². The molecule has 9 heteroatoms. The minimum absolute atomic E-state index is 0.0607. The van der Waals surface area contributed by atoms with E-state index in [0.717, 1.165) is 0 Å². The molecule has 2 unspecified atom stereocenters. The van der Waals surface area contributed by atoms with E-state index in [-0.39, 0.29) is 39.9 Å². The van der Waals surface area contributed by atoms with Gasteiger partial charge in [0, 0.05) is 12.6 Å². The molecule has 2 atom stereocenters. The van der Waals surface area contributed by atoms with Crippen LogP contribution in [0.4, 0.5) is 0 Å². The molecule has 1 aliphatic rings. The predicted molar refractivity (Wildman–Crippen MR) is 122 cm³/mol. The number of rotatable bonds is 6. The highest BCUT2D eigenvalue weighted by Gasteiger charge is 2.41. The number of halogens is 1. The molecule has 0 saturated carbocycles. The molecule has 1 aromatic rings. The van der Waals surface area contributed by atoms with Gasteiger partial charge in [-0.15, -0.1) is 0 Å². The molecule has 2 heterocycles. The SMILES string of the molecule is CCNC(=O)c1c(OC)c(=O)c(I)c2n1C(CO[Si](C)(C)C(C)(C)C)CC2N. The van der Waals surface area contributed by atoms with E-state index >= 15 is 0 Å². The van der Waals surface area contributed by atoms with Gasteiger partial charge in [0.2, 0.25) is 5.43 Å². The molecule has 0 bridgehead atoms. The van der Waals surface area contributed by atoms with Gasteiger partial charge in [0.25, 0.3) is 5.91 Å². The molecule has 0 spiro atoms. The first-order valence-corrected chi connectivity index (χ1v) is 13.6. The van der Waals surface area contributed by atoms with Crippen molar-refractivity contribution in [3.8, 4) is 5.75 Å². The van der Waals surface area contributed by atoms with Crippen LogP contribution in [0.2, 0.25) is 18.1 Å². The van der Waals surface area contributed by atoms with Crippen LogP contribution in [0.5, 0.6) is 5.75 Å². The Morgan fingerprint density at radius 1 is 1.39 bits per heavy atom. The summed E-state index contributed by atoms with van der Waals surface area (Å²) in [6, 6.07) is -0.452. The fourth-order valence-corrected chi connectivity index (χ4v) is 5.15. The van der Waals surface area contributed by atoms with Gasteiger partial charge in [0.05, 0.1) is 29.0 Å². The molecule has 0 fully saturated rings. The summed E-state index contributed by atoms with van der Waals surface area (Å²) in [7, 11) is -0.556. The summed E-state index contributed by atoms with van der Waals surface area (Å²) in [5.74, 6) is -0.272. The first-order valence-electron chi connectivity index (χ1n) is 9.57. The summed E-state index contributed by atoms with van der Waals surface area (Å²) in [5.41, 5.74) is 7.02. The second-order valence-corrected chi connectivity index (χ2v) is 14.6. The van der Waals surface area contributed by atoms with Crippen molar-refractivity contribution in [2.45, 2.75) is 64.3 Å². The second-order valence-electron chi connectivity index (χ2n) is 8.71. The number of nitrogens with zero attached hydrogens (tertiary/aromatic N) is 1. The van der Waals surface area contributed by atoms with Gasteiger partial charge in [-0.2, -0.15) is 0 Å². The lowest BCUT2D eigenvalue weighted by Gasteiger charge is -2.37. The number of hydrogen-bond acceptors (Lipinski definition) is 5. The quantitative estimate of drug-likeness (QED) is 0.443. The maximum atomic E-state index is 12.8. The van der Waals surface area contributed by atoms with E-state index in [4.69, 9.17) is 14.9 Å². The number of ether oxygens (including phenoxy) is 1. The molecule has 0 aromatic carbocycles. The lowest BCUT2D eigenvalue weighted by atomic mass is 10.1. The number of methoxy groups -OCH3 is 1. The normalized spacial score (nSPS) is 19.5. The summed E-state index contributed by atoms with van der Waals surface area (Å²) in [6.45, 7) is 13.7. The lowest BCUT2D eigenvalue weighted by Crippen LogP contribution is -2.42. The van der Waals surface area contributed by atoms with Crippen LogP contribution >= 0.6 is 22.6 Å². The van der Waals surface area contributed by atoms with Gasteiger partial charge in [-0.05, 0) is 54.1 Å². The molecule has 28 heavy (non-hydrogen) atoms. The third-order valence-corrected chi connectivity index (χ3v) is 11.3. The zero-order valence-electron chi connectivity index (χ0n) is 17.8. The largest absolute Gasteiger partial charge is 0.491 e. The minimum Gasteiger partial charge on any atom is -0.491 e. The fourth-order valence-electron chi connectivity index (χ4n) is 3.20. The number of pyridine rings is 1. The molecular formula is C19H32IN3O4Si. The molecule has 1 aromatic heterocycles. The number of nitrogens with two attached hydrogens (primary N) is 1. The number of carbonyl (C=O) groups is 1. The predicted octanol–water partition coefficient (Wildman–Crippen LogP) is 3.18. The molecule has 158 valence electrons. The van der Waals surface area contributed by atoms with Crippen molar-refractivity contribution in [1.29, 1.82) is 0 Å². The van der Waals surface area contributed by atoms with Gasteiger partial charge in [-0.25, -0.2) is 0 Å². The summed E-state index contributed by atoms with van der Waals surface area (Å²) >= 11 is 2.01. The number of hydrogen-bond donors (Lipinski definition) is 2. The van der Waals surface area contributed by atoms with E-state index in [9.17, 15) is 9.59 Å². The summed E-state index contributed by atoms with van der Waals surface area (Å²) in [6.07, 6.45) is 0.615. The van der Waals surface area contributed by atoms with Crippen LogP contribution < -0.4 is 21.2 Å². The van der Waals surface area contributed by atoms with Crippen LogP contribution in [0.15, 0.2) is 4.79 Å². The van der Waals surface area contributed by atoms with E-state index in [2.05, 4.69) is 39.2 Å². The van der Waals surface area contributed by atoms with E-state index in [1.807, 2.05) is 34.1 Å². The van der Waals surface area contributed by atoms with E-state index in [1.165, 1.54) is 7.11 Å². The molecule has 0 radical (unpaired) electrons. The molecule has 3 N–H and O–H groups in total. The molecule has 0 saturated heterocycles. The Balaban J connectivity index is 2.58. The molecule has 1 amide bonds. The van der Waals surface area contributed by atoms with Crippen LogP contribution in [0.25, 0.3) is 0 Å². The van der Waals surface area contributed by atoms with Crippen LogP contribution in [0.1, 0.15) is 62.4 Å². The van der Waals surface area contributed by atoms with Crippen molar-refractivity contribution in [3.63, 3.8) is 0 Å². The van der Waals surface area contributed by atoms with E-state index in [0.29, 0.717) is 28.8 Å². The topological polar surface area (TPSA) is 95.6 Å². The first kappa shape index (κ1) is 23.4. The summed E-state index contributed by atoms with van der Waals surface area (Å²) in [5, 5.41) is 2.87. The maximum absolute atomic E-state index is 12.8.